The van der Waals surface area contributed by atoms with E-state index in [-0.39, 0.29) is 12.2 Å². The van der Waals surface area contributed by atoms with Gasteiger partial charge < -0.3 is 9.47 Å². The molecular weight excluding hydrogens is 272 g/mol. The topological polar surface area (TPSA) is 81.3 Å². The number of ether oxygens (including phenoxy) is 2. The molecule has 0 radical (unpaired) electrons. The zero-order valence-corrected chi connectivity index (χ0v) is 12.6. The van der Waals surface area contributed by atoms with Gasteiger partial charge in [0, 0.05) is 12.3 Å². The molecule has 0 bridgehead atoms. The van der Waals surface area contributed by atoms with Crippen molar-refractivity contribution in [3.8, 4) is 6.07 Å². The van der Waals surface area contributed by atoms with Crippen molar-refractivity contribution in [2.24, 2.45) is 0 Å². The fourth-order valence-electron chi connectivity index (χ4n) is 2.01. The van der Waals surface area contributed by atoms with E-state index in [1.807, 2.05) is 13.0 Å². The second kappa shape index (κ2) is 8.22. The van der Waals surface area contributed by atoms with E-state index in [9.17, 15) is 9.59 Å². The van der Waals surface area contributed by atoms with Gasteiger partial charge in [-0.05, 0) is 32.4 Å². The van der Waals surface area contributed by atoms with Gasteiger partial charge in [-0.1, -0.05) is 6.92 Å². The summed E-state index contributed by atoms with van der Waals surface area (Å²) >= 11 is 0. The van der Waals surface area contributed by atoms with Gasteiger partial charge in [-0.15, -0.1) is 0 Å². The number of esters is 1. The van der Waals surface area contributed by atoms with Gasteiger partial charge in [-0.2, -0.15) is 5.26 Å². The maximum absolute atomic E-state index is 12.2. The summed E-state index contributed by atoms with van der Waals surface area (Å²) in [7, 11) is 0. The fraction of sp³-hybridized carbons (Fsp3) is 0.533. The Morgan fingerprint density at radius 3 is 2.67 bits per heavy atom. The molecule has 1 unspecified atom stereocenters. The van der Waals surface area contributed by atoms with Crippen molar-refractivity contribution in [2.45, 2.75) is 33.2 Å². The lowest BCUT2D eigenvalue weighted by atomic mass is 10.1. The minimum Gasteiger partial charge on any atom is -0.462 e. The third kappa shape index (κ3) is 4.17. The first-order valence-electron chi connectivity index (χ1n) is 6.93. The minimum absolute atomic E-state index is 0.0150. The number of hydrogen-bond acceptors (Lipinski definition) is 5. The monoisotopic (exact) mass is 292 g/mol. The number of pyridine rings is 1. The molecule has 21 heavy (non-hydrogen) atoms. The van der Waals surface area contributed by atoms with Crippen LogP contribution in [0.2, 0.25) is 0 Å². The molecule has 0 aliphatic carbocycles. The Kier molecular flexibility index (Phi) is 6.63. The highest BCUT2D eigenvalue weighted by molar-refractivity contribution is 5.74. The number of hydrogen-bond donors (Lipinski definition) is 0. The van der Waals surface area contributed by atoms with E-state index in [1.54, 1.807) is 19.9 Å². The molecule has 0 spiro atoms. The summed E-state index contributed by atoms with van der Waals surface area (Å²) in [4.78, 5) is 24.3. The maximum atomic E-state index is 12.2. The summed E-state index contributed by atoms with van der Waals surface area (Å²) < 4.78 is 11.5. The molecule has 114 valence electrons. The van der Waals surface area contributed by atoms with Gasteiger partial charge in [0.2, 0.25) is 0 Å². The lowest BCUT2D eigenvalue weighted by Crippen LogP contribution is -2.33. The summed E-state index contributed by atoms with van der Waals surface area (Å²) in [5.74, 6) is -0.488. The predicted molar refractivity (Wildman–Crippen MR) is 76.9 cm³/mol. The molecule has 1 aromatic heterocycles. The predicted octanol–water partition coefficient (Wildman–Crippen LogP) is 1.56. The van der Waals surface area contributed by atoms with E-state index in [0.29, 0.717) is 25.3 Å². The minimum atomic E-state index is -0.729. The Labute approximate surface area is 123 Å². The number of carbonyl (C=O) groups excluding carboxylic acids is 1. The quantitative estimate of drug-likeness (QED) is 0.562. The highest BCUT2D eigenvalue weighted by Crippen LogP contribution is 2.14. The van der Waals surface area contributed by atoms with Gasteiger partial charge in [0.25, 0.3) is 5.56 Å². The summed E-state index contributed by atoms with van der Waals surface area (Å²) in [6.45, 7) is 6.39. The molecule has 1 aromatic rings. The molecule has 1 rings (SSSR count). The first-order valence-corrected chi connectivity index (χ1v) is 6.93. The molecule has 1 heterocycles. The molecule has 0 saturated carbocycles. The van der Waals surface area contributed by atoms with Crippen molar-refractivity contribution in [3.63, 3.8) is 0 Å². The van der Waals surface area contributed by atoms with Gasteiger partial charge in [-0.25, -0.2) is 4.79 Å². The van der Waals surface area contributed by atoms with Gasteiger partial charge in [-0.3, -0.25) is 9.36 Å². The van der Waals surface area contributed by atoms with E-state index < -0.39 is 17.6 Å². The summed E-state index contributed by atoms with van der Waals surface area (Å²) in [6, 6.07) is 4.21. The molecule has 0 saturated heterocycles. The maximum Gasteiger partial charge on any atom is 0.329 e. The van der Waals surface area contributed by atoms with Crippen LogP contribution >= 0.6 is 0 Å². The van der Waals surface area contributed by atoms with Crippen LogP contribution in [0.5, 0.6) is 0 Å². The first-order chi connectivity index (χ1) is 10.1. The Morgan fingerprint density at radius 2 is 2.10 bits per heavy atom. The first kappa shape index (κ1) is 16.9. The second-order valence-corrected chi connectivity index (χ2v) is 4.46. The fourth-order valence-corrected chi connectivity index (χ4v) is 2.01. The standard InChI is InChI=1S/C15H20N2O4/c1-4-13(15(19)21-9-8-20-5-2)17-11(3)6-7-12(10-16)14(17)18/h6-7,13H,4-5,8-9H2,1-3H3. The number of rotatable bonds is 7. The highest BCUT2D eigenvalue weighted by Gasteiger charge is 2.23. The zero-order chi connectivity index (χ0) is 15.8. The highest BCUT2D eigenvalue weighted by atomic mass is 16.6. The summed E-state index contributed by atoms with van der Waals surface area (Å²) in [5.41, 5.74) is 0.167. The van der Waals surface area contributed by atoms with E-state index >= 15 is 0 Å². The number of nitrogens with zero attached hydrogens (tertiary/aromatic N) is 2. The lowest BCUT2D eigenvalue weighted by molar-refractivity contribution is -0.149. The molecule has 1 atom stereocenters. The summed E-state index contributed by atoms with van der Waals surface area (Å²) in [6.07, 6.45) is 0.406. The molecule has 0 aliphatic rings. The van der Waals surface area contributed by atoms with Crippen molar-refractivity contribution in [2.75, 3.05) is 19.8 Å². The van der Waals surface area contributed by atoms with E-state index in [4.69, 9.17) is 14.7 Å². The Bertz CT molecular complexity index is 586. The zero-order valence-electron chi connectivity index (χ0n) is 12.6. The van der Waals surface area contributed by atoms with Crippen LogP contribution in [0.1, 0.15) is 37.6 Å². The third-order valence-electron chi connectivity index (χ3n) is 3.09. The van der Waals surface area contributed by atoms with Crippen molar-refractivity contribution < 1.29 is 14.3 Å². The normalized spacial score (nSPS) is 11.7. The van der Waals surface area contributed by atoms with Crippen LogP contribution in [0.15, 0.2) is 16.9 Å². The van der Waals surface area contributed by atoms with Crippen LogP contribution in [-0.2, 0) is 14.3 Å². The average Bonchev–Trinajstić information content (AvgIpc) is 2.48. The van der Waals surface area contributed by atoms with Gasteiger partial charge >= 0.3 is 5.97 Å². The SMILES string of the molecule is CCOCCOC(=O)C(CC)n1c(C)ccc(C#N)c1=O. The number of nitriles is 1. The Morgan fingerprint density at radius 1 is 1.38 bits per heavy atom. The van der Waals surface area contributed by atoms with Crippen LogP contribution in [0.25, 0.3) is 0 Å². The molecule has 0 fully saturated rings. The van der Waals surface area contributed by atoms with Crippen LogP contribution < -0.4 is 5.56 Å². The van der Waals surface area contributed by atoms with E-state index in [1.165, 1.54) is 10.6 Å². The molecule has 0 aliphatic heterocycles. The van der Waals surface area contributed by atoms with E-state index in [0.717, 1.165) is 0 Å². The van der Waals surface area contributed by atoms with Crippen LogP contribution in [-0.4, -0.2) is 30.4 Å². The van der Waals surface area contributed by atoms with Crippen molar-refractivity contribution in [1.82, 2.24) is 4.57 Å². The molecule has 0 aromatic carbocycles. The van der Waals surface area contributed by atoms with Crippen molar-refractivity contribution in [1.29, 1.82) is 5.26 Å². The third-order valence-corrected chi connectivity index (χ3v) is 3.09. The van der Waals surface area contributed by atoms with Crippen LogP contribution in [0.4, 0.5) is 0 Å². The number of aromatic nitrogens is 1. The van der Waals surface area contributed by atoms with E-state index in [2.05, 4.69) is 0 Å². The average molecular weight is 292 g/mol. The Balaban J connectivity index is 2.98. The van der Waals surface area contributed by atoms with Crippen molar-refractivity contribution >= 4 is 5.97 Å². The van der Waals surface area contributed by atoms with Gasteiger partial charge in [0.15, 0.2) is 0 Å². The van der Waals surface area contributed by atoms with Gasteiger partial charge in [0.1, 0.15) is 24.3 Å². The smallest absolute Gasteiger partial charge is 0.329 e. The molecule has 0 N–H and O–H groups in total. The molecule has 6 nitrogen and oxygen atoms in total. The molecule has 0 amide bonds. The summed E-state index contributed by atoms with van der Waals surface area (Å²) in [5, 5.41) is 8.93. The van der Waals surface area contributed by atoms with Crippen LogP contribution in [0.3, 0.4) is 0 Å². The van der Waals surface area contributed by atoms with Crippen LogP contribution in [0, 0.1) is 18.3 Å². The molecular formula is C15H20N2O4. The Hall–Kier alpha value is -2.13. The second-order valence-electron chi connectivity index (χ2n) is 4.46. The van der Waals surface area contributed by atoms with Crippen molar-refractivity contribution in [3.05, 3.63) is 33.7 Å². The number of carbonyl (C=O) groups is 1. The lowest BCUT2D eigenvalue weighted by Gasteiger charge is -2.19. The van der Waals surface area contributed by atoms with Gasteiger partial charge in [0.05, 0.1) is 6.61 Å². The largest absolute Gasteiger partial charge is 0.462 e. The number of aryl methyl sites for hydroxylation is 1. The molecule has 6 heteroatoms.